The molecule has 1 unspecified atom stereocenters. The number of rotatable bonds is 2. The fraction of sp³-hybridized carbons (Fsp3) is 0.600. The van der Waals surface area contributed by atoms with Crippen molar-refractivity contribution in [1.82, 2.24) is 0 Å². The van der Waals surface area contributed by atoms with Crippen molar-refractivity contribution in [3.8, 4) is 0 Å². The van der Waals surface area contributed by atoms with Crippen LogP contribution in [0.5, 0.6) is 0 Å². The predicted octanol–water partition coefficient (Wildman–Crippen LogP) is 4.13. The maximum Gasteiger partial charge on any atom is 0.0745 e. The van der Waals surface area contributed by atoms with E-state index in [1.54, 1.807) is 6.07 Å². The highest BCUT2D eigenvalue weighted by Gasteiger charge is 2.39. The minimum absolute atomic E-state index is 0.00688. The molecule has 2 heterocycles. The zero-order valence-electron chi connectivity index (χ0n) is 11.3. The van der Waals surface area contributed by atoms with E-state index in [1.807, 2.05) is 12.1 Å². The van der Waals surface area contributed by atoms with E-state index in [1.165, 1.54) is 0 Å². The molecule has 3 nitrogen and oxygen atoms in total. The van der Waals surface area contributed by atoms with E-state index in [-0.39, 0.29) is 5.60 Å². The van der Waals surface area contributed by atoms with Crippen molar-refractivity contribution in [2.24, 2.45) is 0 Å². The molecule has 1 aromatic rings. The molecular weight excluding hydrogens is 297 g/mol. The third-order valence-corrected chi connectivity index (χ3v) is 4.74. The molecule has 0 aliphatic carbocycles. The van der Waals surface area contributed by atoms with Crippen molar-refractivity contribution in [3.63, 3.8) is 0 Å². The van der Waals surface area contributed by atoms with Crippen LogP contribution in [0, 0.1) is 0 Å². The summed E-state index contributed by atoms with van der Waals surface area (Å²) in [5, 5.41) is 4.87. The molecule has 0 radical (unpaired) electrons. The van der Waals surface area contributed by atoms with Gasteiger partial charge in [-0.05, 0) is 43.9 Å². The van der Waals surface area contributed by atoms with Crippen molar-refractivity contribution in [2.45, 2.75) is 37.3 Å². The van der Waals surface area contributed by atoms with Crippen molar-refractivity contribution >= 4 is 28.9 Å². The fourth-order valence-electron chi connectivity index (χ4n) is 3.07. The summed E-state index contributed by atoms with van der Waals surface area (Å²) in [5.74, 6) is 0. The Balaban J connectivity index is 1.68. The van der Waals surface area contributed by atoms with Gasteiger partial charge < -0.3 is 14.8 Å². The Morgan fingerprint density at radius 1 is 1.15 bits per heavy atom. The molecule has 1 aromatic carbocycles. The fourth-order valence-corrected chi connectivity index (χ4v) is 3.53. The van der Waals surface area contributed by atoms with Crippen LogP contribution in [0.2, 0.25) is 10.0 Å². The van der Waals surface area contributed by atoms with Crippen LogP contribution >= 0.6 is 23.2 Å². The van der Waals surface area contributed by atoms with Crippen LogP contribution in [0.25, 0.3) is 0 Å². The molecule has 110 valence electrons. The van der Waals surface area contributed by atoms with Crippen molar-refractivity contribution in [3.05, 3.63) is 28.2 Å². The van der Waals surface area contributed by atoms with Gasteiger partial charge in [0.1, 0.15) is 0 Å². The number of anilines is 1. The van der Waals surface area contributed by atoms with Crippen molar-refractivity contribution in [1.29, 1.82) is 0 Å². The molecule has 0 amide bonds. The first-order valence-corrected chi connectivity index (χ1v) is 7.86. The van der Waals surface area contributed by atoms with Crippen LogP contribution in [0.1, 0.15) is 25.7 Å². The second-order valence-corrected chi connectivity index (χ2v) is 6.45. The predicted molar refractivity (Wildman–Crippen MR) is 81.8 cm³/mol. The Kier molecular flexibility index (Phi) is 4.41. The highest BCUT2D eigenvalue weighted by molar-refractivity contribution is 6.36. The zero-order chi connectivity index (χ0) is 14.0. The van der Waals surface area contributed by atoms with Gasteiger partial charge in [-0.15, -0.1) is 0 Å². The van der Waals surface area contributed by atoms with E-state index >= 15 is 0 Å². The van der Waals surface area contributed by atoms with Gasteiger partial charge in [-0.2, -0.15) is 0 Å². The lowest BCUT2D eigenvalue weighted by molar-refractivity contribution is -0.135. The Morgan fingerprint density at radius 2 is 1.95 bits per heavy atom. The van der Waals surface area contributed by atoms with Gasteiger partial charge in [0.15, 0.2) is 0 Å². The number of halogens is 2. The van der Waals surface area contributed by atoms with E-state index in [4.69, 9.17) is 32.7 Å². The highest BCUT2D eigenvalue weighted by Crippen LogP contribution is 2.36. The van der Waals surface area contributed by atoms with E-state index in [9.17, 15) is 0 Å². The van der Waals surface area contributed by atoms with Gasteiger partial charge in [-0.3, -0.25) is 0 Å². The van der Waals surface area contributed by atoms with Crippen LogP contribution in [0.4, 0.5) is 5.69 Å². The normalized spacial score (nSPS) is 25.6. The number of ether oxygens (including phenoxy) is 2. The summed E-state index contributed by atoms with van der Waals surface area (Å²) in [6, 6.07) is 5.96. The Morgan fingerprint density at radius 3 is 2.70 bits per heavy atom. The summed E-state index contributed by atoms with van der Waals surface area (Å²) in [7, 11) is 0. The number of benzene rings is 1. The smallest absolute Gasteiger partial charge is 0.0745 e. The van der Waals surface area contributed by atoms with Crippen LogP contribution in [0.3, 0.4) is 0 Å². The molecular formula is C15H19Cl2NO2. The highest BCUT2D eigenvalue weighted by atomic mass is 35.5. The molecule has 2 saturated heterocycles. The Labute approximate surface area is 129 Å². The first-order valence-electron chi connectivity index (χ1n) is 7.10. The summed E-state index contributed by atoms with van der Waals surface area (Å²) in [6.07, 6.45) is 3.98. The molecule has 0 saturated carbocycles. The van der Waals surface area contributed by atoms with E-state index in [0.717, 1.165) is 51.2 Å². The van der Waals surface area contributed by atoms with Crippen LogP contribution in [-0.2, 0) is 9.47 Å². The molecule has 2 fully saturated rings. The summed E-state index contributed by atoms with van der Waals surface area (Å²) in [4.78, 5) is 0. The topological polar surface area (TPSA) is 30.5 Å². The quantitative estimate of drug-likeness (QED) is 0.890. The summed E-state index contributed by atoms with van der Waals surface area (Å²) in [5.41, 5.74) is 0.942. The minimum atomic E-state index is -0.00688. The van der Waals surface area contributed by atoms with E-state index in [2.05, 4.69) is 5.32 Å². The lowest BCUT2D eigenvalue weighted by atomic mass is 9.84. The molecule has 1 atom stereocenters. The molecule has 3 rings (SSSR count). The first-order chi connectivity index (χ1) is 9.67. The van der Waals surface area contributed by atoms with Gasteiger partial charge in [0.2, 0.25) is 0 Å². The minimum Gasteiger partial charge on any atom is -0.381 e. The number of hydrogen-bond acceptors (Lipinski definition) is 3. The van der Waals surface area contributed by atoms with Crippen LogP contribution < -0.4 is 5.32 Å². The molecule has 5 heteroatoms. The Hall–Kier alpha value is -0.480. The lowest BCUT2D eigenvalue weighted by Crippen LogP contribution is -2.47. The molecule has 0 aromatic heterocycles. The molecule has 20 heavy (non-hydrogen) atoms. The summed E-state index contributed by atoms with van der Waals surface area (Å²) < 4.78 is 11.5. The van der Waals surface area contributed by atoms with Gasteiger partial charge in [-0.25, -0.2) is 0 Å². The van der Waals surface area contributed by atoms with Gasteiger partial charge in [0.25, 0.3) is 0 Å². The molecule has 0 bridgehead atoms. The van der Waals surface area contributed by atoms with Crippen molar-refractivity contribution < 1.29 is 9.47 Å². The van der Waals surface area contributed by atoms with Crippen LogP contribution in [0.15, 0.2) is 18.2 Å². The third kappa shape index (κ3) is 3.22. The Bertz CT molecular complexity index is 469. The summed E-state index contributed by atoms with van der Waals surface area (Å²) >= 11 is 12.2. The second kappa shape index (κ2) is 6.10. The van der Waals surface area contributed by atoms with Gasteiger partial charge >= 0.3 is 0 Å². The standard InChI is InChI=1S/C15H19Cl2NO2/c16-11-1-2-14(13(17)9-11)18-12-3-6-20-15(10-12)4-7-19-8-5-15/h1-2,9,12,18H,3-8,10H2. The first kappa shape index (κ1) is 14.5. The monoisotopic (exact) mass is 315 g/mol. The van der Waals surface area contributed by atoms with Gasteiger partial charge in [0.05, 0.1) is 16.3 Å². The molecule has 2 aliphatic rings. The lowest BCUT2D eigenvalue weighted by Gasteiger charge is -2.43. The van der Waals surface area contributed by atoms with E-state index < -0.39 is 0 Å². The summed E-state index contributed by atoms with van der Waals surface area (Å²) in [6.45, 7) is 2.39. The maximum atomic E-state index is 6.23. The van der Waals surface area contributed by atoms with Gasteiger partial charge in [0, 0.05) is 30.9 Å². The number of nitrogens with one attached hydrogen (secondary N) is 1. The zero-order valence-corrected chi connectivity index (χ0v) is 12.8. The average molecular weight is 316 g/mol. The molecule has 1 spiro atoms. The van der Waals surface area contributed by atoms with Gasteiger partial charge in [-0.1, -0.05) is 23.2 Å². The number of hydrogen-bond donors (Lipinski definition) is 1. The molecule has 2 aliphatic heterocycles. The van der Waals surface area contributed by atoms with E-state index in [0.29, 0.717) is 16.1 Å². The largest absolute Gasteiger partial charge is 0.381 e. The SMILES string of the molecule is Clc1ccc(NC2CCOC3(CCOCC3)C2)c(Cl)c1. The third-order valence-electron chi connectivity index (χ3n) is 4.19. The maximum absolute atomic E-state index is 6.23. The second-order valence-electron chi connectivity index (χ2n) is 5.60. The average Bonchev–Trinajstić information content (AvgIpc) is 2.43. The molecule has 1 N–H and O–H groups in total. The van der Waals surface area contributed by atoms with Crippen molar-refractivity contribution in [2.75, 3.05) is 25.1 Å². The van der Waals surface area contributed by atoms with Crippen LogP contribution in [-0.4, -0.2) is 31.5 Å².